The van der Waals surface area contributed by atoms with Crippen LogP contribution < -0.4 is 16.0 Å². The van der Waals surface area contributed by atoms with Crippen LogP contribution in [0.4, 0.5) is 8.78 Å². The topological polar surface area (TPSA) is 81.9 Å². The van der Waals surface area contributed by atoms with E-state index in [1.54, 1.807) is 0 Å². The third-order valence-corrected chi connectivity index (χ3v) is 4.68. The zero-order chi connectivity index (χ0) is 20.4. The first kappa shape index (κ1) is 19.8. The lowest BCUT2D eigenvalue weighted by Crippen LogP contribution is -2.29. The molecule has 2 heterocycles. The Morgan fingerprint density at radius 1 is 1.07 bits per heavy atom. The summed E-state index contributed by atoms with van der Waals surface area (Å²) in [6.45, 7) is 2.39. The van der Waals surface area contributed by atoms with Crippen molar-refractivity contribution < 1.29 is 13.5 Å². The van der Waals surface area contributed by atoms with Crippen LogP contribution in [-0.4, -0.2) is 25.7 Å². The molecule has 0 radical (unpaired) electrons. The summed E-state index contributed by atoms with van der Waals surface area (Å²) in [5.74, 6) is -2.36. The van der Waals surface area contributed by atoms with Crippen molar-refractivity contribution in [3.8, 4) is 17.1 Å². The van der Waals surface area contributed by atoms with Crippen molar-refractivity contribution in [3.63, 3.8) is 0 Å². The minimum atomic E-state index is -1.12. The summed E-state index contributed by atoms with van der Waals surface area (Å²) in [5, 5.41) is 0. The number of nitrogens with zero attached hydrogens (tertiary/aromatic N) is 3. The Morgan fingerprint density at radius 3 is 2.54 bits per heavy atom. The fourth-order valence-electron chi connectivity index (χ4n) is 3.08. The van der Waals surface area contributed by atoms with Crippen molar-refractivity contribution in [2.24, 2.45) is 14.1 Å². The number of hydrogen-bond donors (Lipinski definition) is 1. The molecule has 0 saturated heterocycles. The summed E-state index contributed by atoms with van der Waals surface area (Å²) in [6.07, 6.45) is 3.86. The average Bonchev–Trinajstić information content (AvgIpc) is 3.01. The molecule has 0 unspecified atom stereocenters. The molecule has 0 aliphatic rings. The predicted octanol–water partition coefficient (Wildman–Crippen LogP) is 2.86. The van der Waals surface area contributed by atoms with Gasteiger partial charge in [-0.3, -0.25) is 14.3 Å². The lowest BCUT2D eigenvalue weighted by Gasteiger charge is -2.10. The van der Waals surface area contributed by atoms with Gasteiger partial charge in [0.2, 0.25) is 5.82 Å². The monoisotopic (exact) mass is 392 g/mol. The molecule has 0 atom stereocenters. The second-order valence-electron chi connectivity index (χ2n) is 6.63. The van der Waals surface area contributed by atoms with Gasteiger partial charge >= 0.3 is 5.69 Å². The van der Waals surface area contributed by atoms with Crippen molar-refractivity contribution >= 4 is 11.2 Å². The van der Waals surface area contributed by atoms with Gasteiger partial charge in [-0.05, 0) is 18.6 Å². The molecule has 0 aliphatic carbocycles. The molecule has 0 spiro atoms. The lowest BCUT2D eigenvalue weighted by atomic mass is 10.1. The third-order valence-electron chi connectivity index (χ3n) is 4.68. The summed E-state index contributed by atoms with van der Waals surface area (Å²) in [4.78, 5) is 30.2. The first-order valence-corrected chi connectivity index (χ1v) is 9.13. The maximum Gasteiger partial charge on any atom is 0.329 e. The molecule has 3 aromatic rings. The SMILES string of the molecule is CCCCCCOc1ccc(-c2nc3c(c(=O)[nH]c(=O)n3C)n2C)c(F)c1F. The van der Waals surface area contributed by atoms with E-state index in [4.69, 9.17) is 4.74 Å². The van der Waals surface area contributed by atoms with Gasteiger partial charge < -0.3 is 9.30 Å². The van der Waals surface area contributed by atoms with E-state index in [0.29, 0.717) is 6.61 Å². The third kappa shape index (κ3) is 3.44. The standard InChI is InChI=1S/C19H22F2N4O3/c1-4-5-6-7-10-28-12-9-8-11(13(20)14(12)21)16-22-17-15(24(16)2)18(26)23-19(27)25(17)3/h8-9H,4-7,10H2,1-3H3,(H,23,26,27). The van der Waals surface area contributed by atoms with Crippen LogP contribution in [0.1, 0.15) is 32.6 Å². The Balaban J connectivity index is 1.99. The van der Waals surface area contributed by atoms with Crippen LogP contribution in [0.2, 0.25) is 0 Å². The molecule has 0 amide bonds. The van der Waals surface area contributed by atoms with Crippen molar-refractivity contribution in [2.45, 2.75) is 32.6 Å². The van der Waals surface area contributed by atoms with Gasteiger partial charge in [-0.15, -0.1) is 0 Å². The maximum absolute atomic E-state index is 14.7. The molecule has 1 aromatic carbocycles. The average molecular weight is 392 g/mol. The number of hydrogen-bond acceptors (Lipinski definition) is 4. The number of H-pyrrole nitrogens is 1. The van der Waals surface area contributed by atoms with Crippen LogP contribution in [0.15, 0.2) is 21.7 Å². The van der Waals surface area contributed by atoms with E-state index < -0.39 is 22.9 Å². The number of aromatic amines is 1. The first-order valence-electron chi connectivity index (χ1n) is 9.13. The Labute approximate surface area is 159 Å². The summed E-state index contributed by atoms with van der Waals surface area (Å²) >= 11 is 0. The number of imidazole rings is 1. The molecule has 0 bridgehead atoms. The van der Waals surface area contributed by atoms with E-state index >= 15 is 0 Å². The molecular weight excluding hydrogens is 370 g/mol. The van der Waals surface area contributed by atoms with Gasteiger partial charge in [-0.25, -0.2) is 14.2 Å². The number of aryl methyl sites for hydroxylation is 2. The number of rotatable bonds is 7. The van der Waals surface area contributed by atoms with Gasteiger partial charge in [0.15, 0.2) is 22.7 Å². The molecular formula is C19H22F2N4O3. The zero-order valence-electron chi connectivity index (χ0n) is 16.0. The largest absolute Gasteiger partial charge is 0.490 e. The van der Waals surface area contributed by atoms with Gasteiger partial charge in [-0.1, -0.05) is 26.2 Å². The minimum absolute atomic E-state index is 0.0348. The van der Waals surface area contributed by atoms with Gasteiger partial charge in [0.25, 0.3) is 5.56 Å². The highest BCUT2D eigenvalue weighted by Gasteiger charge is 2.22. The summed E-state index contributed by atoms with van der Waals surface area (Å²) < 4.78 is 37.0. The number of ether oxygens (including phenoxy) is 1. The summed E-state index contributed by atoms with van der Waals surface area (Å²) in [5.41, 5.74) is -1.23. The van der Waals surface area contributed by atoms with Gasteiger partial charge in [0.05, 0.1) is 12.2 Å². The molecule has 7 nitrogen and oxygen atoms in total. The normalized spacial score (nSPS) is 11.3. The highest BCUT2D eigenvalue weighted by Crippen LogP contribution is 2.30. The maximum atomic E-state index is 14.7. The molecule has 0 saturated carbocycles. The van der Waals surface area contributed by atoms with Crippen molar-refractivity contribution in [3.05, 3.63) is 44.6 Å². The molecule has 3 rings (SSSR count). The molecule has 0 fully saturated rings. The number of benzene rings is 1. The smallest absolute Gasteiger partial charge is 0.329 e. The van der Waals surface area contributed by atoms with Crippen LogP contribution in [0.5, 0.6) is 5.75 Å². The number of halogens is 2. The summed E-state index contributed by atoms with van der Waals surface area (Å²) in [7, 11) is 2.93. The lowest BCUT2D eigenvalue weighted by molar-refractivity contribution is 0.285. The van der Waals surface area contributed by atoms with Gasteiger partial charge in [0, 0.05) is 14.1 Å². The van der Waals surface area contributed by atoms with Crippen molar-refractivity contribution in [2.75, 3.05) is 6.61 Å². The second-order valence-corrected chi connectivity index (χ2v) is 6.63. The molecule has 150 valence electrons. The van der Waals surface area contributed by atoms with Crippen molar-refractivity contribution in [1.29, 1.82) is 0 Å². The molecule has 28 heavy (non-hydrogen) atoms. The van der Waals surface area contributed by atoms with E-state index in [-0.39, 0.29) is 28.3 Å². The first-order chi connectivity index (χ1) is 13.4. The zero-order valence-corrected chi connectivity index (χ0v) is 16.0. The second kappa shape index (κ2) is 7.95. The molecule has 0 aliphatic heterocycles. The number of aromatic nitrogens is 4. The van der Waals surface area contributed by atoms with Gasteiger partial charge in [0.1, 0.15) is 5.82 Å². The number of fused-ring (bicyclic) bond motifs is 1. The number of unbranched alkanes of at least 4 members (excludes halogenated alkanes) is 3. The minimum Gasteiger partial charge on any atom is -0.490 e. The van der Waals surface area contributed by atoms with Gasteiger partial charge in [-0.2, -0.15) is 4.39 Å². The van der Waals surface area contributed by atoms with E-state index in [0.717, 1.165) is 30.3 Å². The van der Waals surface area contributed by atoms with Crippen LogP contribution in [0, 0.1) is 11.6 Å². The Hall–Kier alpha value is -2.97. The Morgan fingerprint density at radius 2 is 1.82 bits per heavy atom. The predicted molar refractivity (Wildman–Crippen MR) is 102 cm³/mol. The van der Waals surface area contributed by atoms with Crippen molar-refractivity contribution in [1.82, 2.24) is 19.1 Å². The molecule has 1 N–H and O–H groups in total. The van der Waals surface area contributed by atoms with Crippen LogP contribution in [0.25, 0.3) is 22.6 Å². The van der Waals surface area contributed by atoms with E-state index in [9.17, 15) is 18.4 Å². The number of nitrogens with one attached hydrogen (secondary N) is 1. The highest BCUT2D eigenvalue weighted by atomic mass is 19.2. The molecule has 2 aromatic heterocycles. The van der Waals surface area contributed by atoms with E-state index in [1.165, 1.54) is 30.8 Å². The van der Waals surface area contributed by atoms with Crippen LogP contribution in [-0.2, 0) is 14.1 Å². The highest BCUT2D eigenvalue weighted by molar-refractivity contribution is 5.77. The Bertz CT molecular complexity index is 1130. The fourth-order valence-corrected chi connectivity index (χ4v) is 3.08. The van der Waals surface area contributed by atoms with Crippen LogP contribution >= 0.6 is 0 Å². The molecule has 9 heteroatoms. The van der Waals surface area contributed by atoms with E-state index in [2.05, 4.69) is 16.9 Å². The Kier molecular flexibility index (Phi) is 5.62. The summed E-state index contributed by atoms with van der Waals surface area (Å²) in [6, 6.07) is 2.70. The quantitative estimate of drug-likeness (QED) is 0.627. The van der Waals surface area contributed by atoms with E-state index in [1.807, 2.05) is 0 Å². The fraction of sp³-hybridized carbons (Fsp3) is 0.421. The van der Waals surface area contributed by atoms with Crippen LogP contribution in [0.3, 0.4) is 0 Å².